The summed E-state index contributed by atoms with van der Waals surface area (Å²) in [4.78, 5) is 23.4. The van der Waals surface area contributed by atoms with Crippen LogP contribution in [0.4, 0.5) is 0 Å². The Bertz CT molecular complexity index is 381. The summed E-state index contributed by atoms with van der Waals surface area (Å²) in [5, 5.41) is 25.8. The molecule has 0 aliphatic heterocycles. The molecule has 6 heteroatoms. The maximum Gasteiger partial charge on any atom is 0.352 e. The number of carboxylic acids is 1. The molecule has 0 radical (unpaired) electrons. The number of aliphatic hydroxyl groups excluding tert-OH is 1. The van der Waals surface area contributed by atoms with Crippen LogP contribution in [0.15, 0.2) is 16.9 Å². The second-order valence-corrected chi connectivity index (χ2v) is 2.36. The lowest BCUT2D eigenvalue weighted by atomic mass is 10.3. The van der Waals surface area contributed by atoms with Gasteiger partial charge in [-0.25, -0.2) is 4.79 Å². The van der Waals surface area contributed by atoms with E-state index < -0.39 is 17.7 Å². The summed E-state index contributed by atoms with van der Waals surface area (Å²) in [6.45, 7) is 0. The molecule has 1 aromatic heterocycles. The van der Waals surface area contributed by atoms with E-state index in [9.17, 15) is 9.59 Å². The maximum absolute atomic E-state index is 10.8. The van der Waals surface area contributed by atoms with Gasteiger partial charge in [0.2, 0.25) is 0 Å². The van der Waals surface area contributed by atoms with Crippen LogP contribution in [-0.4, -0.2) is 26.3 Å². The fourth-order valence-electron chi connectivity index (χ4n) is 0.819. The second kappa shape index (κ2) is 3.38. The van der Waals surface area contributed by atoms with Gasteiger partial charge in [0.25, 0.3) is 0 Å². The Kier molecular flexibility index (Phi) is 2.45. The molecule has 1 aromatic rings. The first-order valence-corrected chi connectivity index (χ1v) is 3.34. The van der Waals surface area contributed by atoms with E-state index in [0.29, 0.717) is 0 Å². The summed E-state index contributed by atoms with van der Waals surface area (Å²) in [5.74, 6) is -1.33. The van der Waals surface area contributed by atoms with Crippen LogP contribution in [0.2, 0.25) is 0 Å². The van der Waals surface area contributed by atoms with E-state index in [-0.39, 0.29) is 11.4 Å². The molecule has 0 spiro atoms. The molecule has 0 aromatic carbocycles. The van der Waals surface area contributed by atoms with Crippen molar-refractivity contribution in [2.75, 3.05) is 0 Å². The lowest BCUT2D eigenvalue weighted by molar-refractivity contribution is -0.0459. The molecule has 6 nitrogen and oxygen atoms in total. The largest absolute Gasteiger partial charge is 0.477 e. The normalized spacial score (nSPS) is 10.4. The highest BCUT2D eigenvalue weighted by molar-refractivity contribution is 5.85. The van der Waals surface area contributed by atoms with E-state index in [2.05, 4.69) is 4.98 Å². The highest BCUT2D eigenvalue weighted by Gasteiger charge is 2.09. The van der Waals surface area contributed by atoms with E-state index in [1.807, 2.05) is 0 Å². The second-order valence-electron chi connectivity index (χ2n) is 2.36. The maximum atomic E-state index is 10.8. The third-order valence-corrected chi connectivity index (χ3v) is 1.37. The van der Waals surface area contributed by atoms with E-state index in [1.54, 1.807) is 0 Å². The molecule has 13 heavy (non-hydrogen) atoms. The third-order valence-electron chi connectivity index (χ3n) is 1.37. The van der Waals surface area contributed by atoms with Crippen molar-refractivity contribution in [2.24, 2.45) is 0 Å². The number of hydrogen-bond donors (Lipinski definition) is 4. The van der Waals surface area contributed by atoms with E-state index in [1.165, 1.54) is 0 Å². The number of rotatable bonds is 2. The Morgan fingerprint density at radius 1 is 1.38 bits per heavy atom. The Morgan fingerprint density at radius 2 is 2.00 bits per heavy atom. The molecule has 1 rings (SSSR count). The molecule has 0 atom stereocenters. The Hall–Kier alpha value is -1.66. The van der Waals surface area contributed by atoms with Gasteiger partial charge in [0.1, 0.15) is 5.69 Å². The lowest BCUT2D eigenvalue weighted by Crippen LogP contribution is -2.13. The van der Waals surface area contributed by atoms with Gasteiger partial charge in [-0.15, -0.1) is 0 Å². The summed E-state index contributed by atoms with van der Waals surface area (Å²) in [6, 6.07) is 1.77. The summed E-state index contributed by atoms with van der Waals surface area (Å²) >= 11 is 0. The van der Waals surface area contributed by atoms with Gasteiger partial charge in [-0.05, 0) is 0 Å². The number of nitrogens with one attached hydrogen (secondary N) is 1. The molecule has 0 amide bonds. The molecule has 0 fully saturated rings. The van der Waals surface area contributed by atoms with Crippen LogP contribution in [-0.2, 0) is 0 Å². The van der Waals surface area contributed by atoms with Gasteiger partial charge < -0.3 is 20.3 Å². The number of aliphatic hydroxyl groups is 2. The van der Waals surface area contributed by atoms with Gasteiger partial charge in [-0.1, -0.05) is 0 Å². The number of aromatic carboxylic acids is 1. The van der Waals surface area contributed by atoms with Gasteiger partial charge in [0, 0.05) is 12.1 Å². The van der Waals surface area contributed by atoms with Gasteiger partial charge >= 0.3 is 5.97 Å². The fraction of sp³-hybridized carbons (Fsp3) is 0.143. The number of aromatic nitrogens is 1. The van der Waals surface area contributed by atoms with Crippen molar-refractivity contribution in [1.82, 2.24) is 4.98 Å². The molecule has 0 aliphatic rings. The van der Waals surface area contributed by atoms with Gasteiger partial charge in [-0.2, -0.15) is 0 Å². The fourth-order valence-corrected chi connectivity index (χ4v) is 0.819. The van der Waals surface area contributed by atoms with Crippen LogP contribution < -0.4 is 5.43 Å². The molecular weight excluding hydrogens is 178 g/mol. The number of aromatic amines is 1. The van der Waals surface area contributed by atoms with E-state index in [4.69, 9.17) is 15.3 Å². The van der Waals surface area contributed by atoms with Crippen molar-refractivity contribution in [2.45, 2.75) is 6.29 Å². The first-order chi connectivity index (χ1) is 6.00. The van der Waals surface area contributed by atoms with Crippen LogP contribution in [0.3, 0.4) is 0 Å². The lowest BCUT2D eigenvalue weighted by Gasteiger charge is -2.03. The first-order valence-electron chi connectivity index (χ1n) is 3.34. The zero-order chi connectivity index (χ0) is 10.0. The SMILES string of the molecule is O=C(O)c1cc(=O)cc(C(O)O)[nH]1. The van der Waals surface area contributed by atoms with Gasteiger partial charge in [0.15, 0.2) is 11.7 Å². The molecule has 0 bridgehead atoms. The zero-order valence-corrected chi connectivity index (χ0v) is 6.39. The summed E-state index contributed by atoms with van der Waals surface area (Å²) in [7, 11) is 0. The summed E-state index contributed by atoms with van der Waals surface area (Å²) < 4.78 is 0. The quantitative estimate of drug-likeness (QED) is 0.444. The molecule has 0 saturated heterocycles. The summed E-state index contributed by atoms with van der Waals surface area (Å²) in [5.41, 5.74) is -1.22. The van der Waals surface area contributed by atoms with Crippen LogP contribution in [0.25, 0.3) is 0 Å². The molecule has 70 valence electrons. The third kappa shape index (κ3) is 2.14. The van der Waals surface area contributed by atoms with E-state index >= 15 is 0 Å². The predicted molar refractivity (Wildman–Crippen MR) is 41.2 cm³/mol. The van der Waals surface area contributed by atoms with E-state index in [0.717, 1.165) is 12.1 Å². The predicted octanol–water partition coefficient (Wildman–Crippen LogP) is -0.944. The van der Waals surface area contributed by atoms with Crippen LogP contribution >= 0.6 is 0 Å². The molecule has 0 aliphatic carbocycles. The molecule has 4 N–H and O–H groups in total. The monoisotopic (exact) mass is 185 g/mol. The average Bonchev–Trinajstić information content (AvgIpc) is 2.03. The average molecular weight is 185 g/mol. The topological polar surface area (TPSA) is 111 Å². The number of carbonyl (C=O) groups is 1. The molecular formula is C7H7NO5. The minimum atomic E-state index is -1.88. The number of pyridine rings is 1. The number of H-pyrrole nitrogens is 1. The van der Waals surface area contributed by atoms with Crippen molar-refractivity contribution < 1.29 is 20.1 Å². The smallest absolute Gasteiger partial charge is 0.352 e. The van der Waals surface area contributed by atoms with Crippen molar-refractivity contribution in [3.63, 3.8) is 0 Å². The van der Waals surface area contributed by atoms with Crippen molar-refractivity contribution in [3.05, 3.63) is 33.7 Å². The molecule has 1 heterocycles. The van der Waals surface area contributed by atoms with Crippen molar-refractivity contribution in [3.8, 4) is 0 Å². The molecule has 0 saturated carbocycles. The standard InChI is InChI=1S/C7H7NO5/c9-3-1-4(6(10)11)8-5(2-3)7(12)13/h1-2,6,10-11H,(H,8,9)(H,12,13). The highest BCUT2D eigenvalue weighted by atomic mass is 16.5. The number of carboxylic acid groups (broad SMARTS) is 1. The Morgan fingerprint density at radius 3 is 2.46 bits per heavy atom. The zero-order valence-electron chi connectivity index (χ0n) is 6.39. The van der Waals surface area contributed by atoms with Gasteiger partial charge in [0.05, 0.1) is 5.69 Å². The van der Waals surface area contributed by atoms with Crippen LogP contribution in [0, 0.1) is 0 Å². The first kappa shape index (κ1) is 9.43. The van der Waals surface area contributed by atoms with Crippen molar-refractivity contribution in [1.29, 1.82) is 0 Å². The highest BCUT2D eigenvalue weighted by Crippen LogP contribution is 2.03. The minimum absolute atomic E-state index is 0.245. The Labute approximate surface area is 72.1 Å². The molecule has 0 unspecified atom stereocenters. The number of hydrogen-bond acceptors (Lipinski definition) is 4. The van der Waals surface area contributed by atoms with Crippen molar-refractivity contribution >= 4 is 5.97 Å². The minimum Gasteiger partial charge on any atom is -0.477 e. The summed E-state index contributed by atoms with van der Waals surface area (Å²) in [6.07, 6.45) is -1.88. The Balaban J connectivity index is 3.27. The van der Waals surface area contributed by atoms with Crippen LogP contribution in [0.5, 0.6) is 0 Å². The van der Waals surface area contributed by atoms with Crippen LogP contribution in [0.1, 0.15) is 22.5 Å². The van der Waals surface area contributed by atoms with Gasteiger partial charge in [-0.3, -0.25) is 4.79 Å².